The van der Waals surface area contributed by atoms with Crippen LogP contribution >= 0.6 is 31.9 Å². The summed E-state index contributed by atoms with van der Waals surface area (Å²) in [5.41, 5.74) is 2.17. The van der Waals surface area contributed by atoms with Crippen molar-refractivity contribution in [3.05, 3.63) is 75.0 Å². The van der Waals surface area contributed by atoms with E-state index in [1.807, 2.05) is 48.5 Å². The van der Waals surface area contributed by atoms with Crippen molar-refractivity contribution in [2.45, 2.75) is 0 Å². The first-order chi connectivity index (χ1) is 7.24. The number of halogens is 2. The van der Waals surface area contributed by atoms with E-state index >= 15 is 0 Å². The summed E-state index contributed by atoms with van der Waals surface area (Å²) in [5.74, 6) is 0. The number of rotatable bonds is 2. The Hall–Kier alpha value is -0.600. The van der Waals surface area contributed by atoms with Crippen LogP contribution in [0.4, 0.5) is 0 Å². The molecule has 0 fully saturated rings. The van der Waals surface area contributed by atoms with Gasteiger partial charge in [-0.2, -0.15) is 0 Å². The normalized spacial score (nSPS) is 10.3. The molecule has 0 aliphatic carbocycles. The molecule has 0 atom stereocenters. The van der Waals surface area contributed by atoms with Crippen LogP contribution in [0.3, 0.4) is 0 Å². The van der Waals surface area contributed by atoms with Gasteiger partial charge in [0.25, 0.3) is 0 Å². The van der Waals surface area contributed by atoms with Crippen LogP contribution in [-0.4, -0.2) is 0 Å². The second kappa shape index (κ2) is 4.95. The lowest BCUT2D eigenvalue weighted by atomic mass is 10.1. The van der Waals surface area contributed by atoms with Crippen molar-refractivity contribution in [2.24, 2.45) is 0 Å². The standard InChI is InChI=1S/C13H8Br2/c14-12-5-1-10(2-6-12)9-11-3-7-13(15)8-4-11/h1-8H. The molecule has 0 saturated carbocycles. The first-order valence-corrected chi connectivity index (χ1v) is 6.11. The van der Waals surface area contributed by atoms with Crippen molar-refractivity contribution in [1.29, 1.82) is 0 Å². The highest BCUT2D eigenvalue weighted by atomic mass is 79.9. The van der Waals surface area contributed by atoms with E-state index < -0.39 is 0 Å². The third-order valence-electron chi connectivity index (χ3n) is 1.98. The number of benzene rings is 2. The second-order valence-corrected chi connectivity index (χ2v) is 4.97. The fourth-order valence-electron chi connectivity index (χ4n) is 1.23. The average molecular weight is 324 g/mol. The molecule has 74 valence electrons. The van der Waals surface area contributed by atoms with Crippen LogP contribution in [0.15, 0.2) is 57.5 Å². The second-order valence-electron chi connectivity index (χ2n) is 3.14. The summed E-state index contributed by atoms with van der Waals surface area (Å²) < 4.78 is 2.17. The van der Waals surface area contributed by atoms with Crippen molar-refractivity contribution < 1.29 is 0 Å². The van der Waals surface area contributed by atoms with E-state index in [9.17, 15) is 0 Å². The van der Waals surface area contributed by atoms with Gasteiger partial charge in [0.05, 0.1) is 6.42 Å². The Morgan fingerprint density at radius 2 is 0.933 bits per heavy atom. The Morgan fingerprint density at radius 1 is 0.600 bits per heavy atom. The minimum absolute atomic E-state index is 1.08. The van der Waals surface area contributed by atoms with Crippen molar-refractivity contribution >= 4 is 31.9 Å². The lowest BCUT2D eigenvalue weighted by Gasteiger charge is -2.01. The van der Waals surface area contributed by atoms with Crippen molar-refractivity contribution in [1.82, 2.24) is 0 Å². The highest BCUT2D eigenvalue weighted by Gasteiger charge is 1.97. The van der Waals surface area contributed by atoms with E-state index in [2.05, 4.69) is 38.3 Å². The Labute approximate surface area is 107 Å². The van der Waals surface area contributed by atoms with Gasteiger partial charge in [-0.25, -0.2) is 0 Å². The molecule has 0 amide bonds. The first kappa shape index (κ1) is 10.9. The zero-order valence-electron chi connectivity index (χ0n) is 7.87. The molecule has 0 unspecified atom stereocenters. The quantitative estimate of drug-likeness (QED) is 0.752. The van der Waals surface area contributed by atoms with Gasteiger partial charge in [-0.1, -0.05) is 56.1 Å². The van der Waals surface area contributed by atoms with Gasteiger partial charge in [0, 0.05) is 8.95 Å². The van der Waals surface area contributed by atoms with Crippen LogP contribution in [0.1, 0.15) is 11.1 Å². The van der Waals surface area contributed by atoms with Gasteiger partial charge in [-0.05, 0) is 35.4 Å². The molecule has 0 aliphatic heterocycles. The van der Waals surface area contributed by atoms with Gasteiger partial charge in [-0.15, -0.1) is 0 Å². The molecule has 2 aromatic carbocycles. The predicted octanol–water partition coefficient (Wildman–Crippen LogP) is 4.69. The van der Waals surface area contributed by atoms with Crippen LogP contribution < -0.4 is 0 Å². The van der Waals surface area contributed by atoms with Crippen LogP contribution in [0, 0.1) is 6.42 Å². The maximum atomic E-state index is 3.41. The highest BCUT2D eigenvalue weighted by Crippen LogP contribution is 2.17. The van der Waals surface area contributed by atoms with Gasteiger partial charge in [0.2, 0.25) is 0 Å². The molecule has 0 bridgehead atoms. The summed E-state index contributed by atoms with van der Waals surface area (Å²) in [6.07, 6.45) is 3.32. The van der Waals surface area contributed by atoms with Gasteiger partial charge in [0.15, 0.2) is 0 Å². The third-order valence-corrected chi connectivity index (χ3v) is 3.03. The lowest BCUT2D eigenvalue weighted by Crippen LogP contribution is -1.83. The molecule has 15 heavy (non-hydrogen) atoms. The van der Waals surface area contributed by atoms with Gasteiger partial charge in [-0.3, -0.25) is 0 Å². The summed E-state index contributed by atoms with van der Waals surface area (Å²) in [5, 5.41) is 0. The molecular formula is C13H8Br2. The number of hydrogen-bond donors (Lipinski definition) is 0. The molecule has 0 heterocycles. The topological polar surface area (TPSA) is 0 Å². The monoisotopic (exact) mass is 322 g/mol. The van der Waals surface area contributed by atoms with Crippen molar-refractivity contribution in [3.8, 4) is 0 Å². The molecule has 0 nitrogen and oxygen atoms in total. The number of hydrogen-bond acceptors (Lipinski definition) is 0. The summed E-state index contributed by atoms with van der Waals surface area (Å²) in [7, 11) is 0. The molecular weight excluding hydrogens is 316 g/mol. The third kappa shape index (κ3) is 3.18. The van der Waals surface area contributed by atoms with Gasteiger partial charge < -0.3 is 0 Å². The predicted molar refractivity (Wildman–Crippen MR) is 69.7 cm³/mol. The Balaban J connectivity index is 2.15. The molecule has 0 N–H and O–H groups in total. The highest BCUT2D eigenvalue weighted by molar-refractivity contribution is 9.10. The SMILES string of the molecule is Brc1ccc([C]c2ccc(Br)cc2)cc1. The summed E-state index contributed by atoms with van der Waals surface area (Å²) >= 11 is 6.81. The average Bonchev–Trinajstić information content (AvgIpc) is 2.25. The van der Waals surface area contributed by atoms with Crippen LogP contribution in [-0.2, 0) is 0 Å². The van der Waals surface area contributed by atoms with E-state index in [-0.39, 0.29) is 0 Å². The molecule has 0 aliphatic rings. The van der Waals surface area contributed by atoms with Crippen LogP contribution in [0.25, 0.3) is 0 Å². The summed E-state index contributed by atoms with van der Waals surface area (Å²) in [6.45, 7) is 0. The van der Waals surface area contributed by atoms with E-state index in [4.69, 9.17) is 0 Å². The fraction of sp³-hybridized carbons (Fsp3) is 0. The summed E-state index contributed by atoms with van der Waals surface area (Å²) in [6, 6.07) is 16.2. The maximum absolute atomic E-state index is 3.41. The van der Waals surface area contributed by atoms with Crippen LogP contribution in [0.2, 0.25) is 0 Å². The van der Waals surface area contributed by atoms with E-state index in [0.717, 1.165) is 20.1 Å². The summed E-state index contributed by atoms with van der Waals surface area (Å²) in [4.78, 5) is 0. The molecule has 2 heteroatoms. The van der Waals surface area contributed by atoms with E-state index in [1.54, 1.807) is 0 Å². The van der Waals surface area contributed by atoms with Gasteiger partial charge in [0.1, 0.15) is 0 Å². The lowest BCUT2D eigenvalue weighted by molar-refractivity contribution is 1.42. The molecule has 0 saturated heterocycles. The molecule has 2 rings (SSSR count). The van der Waals surface area contributed by atoms with E-state index in [0.29, 0.717) is 0 Å². The van der Waals surface area contributed by atoms with Crippen molar-refractivity contribution in [3.63, 3.8) is 0 Å². The zero-order chi connectivity index (χ0) is 10.7. The fourth-order valence-corrected chi connectivity index (χ4v) is 1.76. The van der Waals surface area contributed by atoms with Gasteiger partial charge >= 0.3 is 0 Å². The minimum atomic E-state index is 1.08. The minimum Gasteiger partial charge on any atom is -0.0569 e. The largest absolute Gasteiger partial charge is 0.0569 e. The molecule has 0 aromatic heterocycles. The smallest absolute Gasteiger partial charge is 0.0501 e. The van der Waals surface area contributed by atoms with Crippen LogP contribution in [0.5, 0.6) is 0 Å². The van der Waals surface area contributed by atoms with E-state index in [1.165, 1.54) is 0 Å². The molecule has 2 radical (unpaired) electrons. The van der Waals surface area contributed by atoms with Crippen molar-refractivity contribution in [2.75, 3.05) is 0 Å². The molecule has 0 spiro atoms. The molecule has 2 aromatic rings. The Bertz CT molecular complexity index is 386. The zero-order valence-corrected chi connectivity index (χ0v) is 11.0. The first-order valence-electron chi connectivity index (χ1n) is 4.52. The Morgan fingerprint density at radius 3 is 1.27 bits per heavy atom. The Kier molecular flexibility index (Phi) is 3.60. The maximum Gasteiger partial charge on any atom is 0.0501 e.